The average molecular weight is 269 g/mol. The lowest BCUT2D eigenvalue weighted by atomic mass is 9.96. The molecule has 0 fully saturated rings. The fourth-order valence-electron chi connectivity index (χ4n) is 2.16. The van der Waals surface area contributed by atoms with Crippen molar-refractivity contribution in [2.75, 3.05) is 12.3 Å². The molecule has 0 saturated heterocycles. The molecule has 3 nitrogen and oxygen atoms in total. The molecule has 0 aliphatic rings. The first-order valence-electron chi connectivity index (χ1n) is 6.67. The Morgan fingerprint density at radius 2 is 1.90 bits per heavy atom. The van der Waals surface area contributed by atoms with E-state index in [1.165, 1.54) is 0 Å². The maximum atomic E-state index is 12.7. The van der Waals surface area contributed by atoms with E-state index in [0.717, 1.165) is 11.1 Å². The lowest BCUT2D eigenvalue weighted by molar-refractivity contribution is 0.103. The number of aryl methyl sites for hydroxylation is 2. The SMILES string of the molecule is CCOc1c(N)cccc1C(=O)c1cc(C)ccc1C. The standard InChI is InChI=1S/C17H19NO2/c1-4-20-17-13(6-5-7-15(17)18)16(19)14-10-11(2)8-9-12(14)3/h5-10H,4,18H2,1-3H3. The Morgan fingerprint density at radius 1 is 1.15 bits per heavy atom. The second-order valence-electron chi connectivity index (χ2n) is 4.80. The van der Waals surface area contributed by atoms with E-state index in [-0.39, 0.29) is 5.78 Å². The molecule has 0 aliphatic heterocycles. The second-order valence-corrected chi connectivity index (χ2v) is 4.80. The van der Waals surface area contributed by atoms with Gasteiger partial charge >= 0.3 is 0 Å². The molecule has 0 unspecified atom stereocenters. The second kappa shape index (κ2) is 5.78. The third kappa shape index (κ3) is 2.67. The molecule has 0 aliphatic carbocycles. The summed E-state index contributed by atoms with van der Waals surface area (Å²) in [6.07, 6.45) is 0. The highest BCUT2D eigenvalue weighted by Gasteiger charge is 2.18. The minimum atomic E-state index is -0.0537. The Hall–Kier alpha value is -2.29. The zero-order valence-corrected chi connectivity index (χ0v) is 12.1. The normalized spacial score (nSPS) is 10.3. The van der Waals surface area contributed by atoms with E-state index in [9.17, 15) is 4.79 Å². The van der Waals surface area contributed by atoms with Gasteiger partial charge in [0, 0.05) is 5.56 Å². The molecule has 20 heavy (non-hydrogen) atoms. The number of para-hydroxylation sites is 1. The van der Waals surface area contributed by atoms with Crippen LogP contribution >= 0.6 is 0 Å². The van der Waals surface area contributed by atoms with Gasteiger partial charge in [-0.15, -0.1) is 0 Å². The van der Waals surface area contributed by atoms with Crippen LogP contribution < -0.4 is 10.5 Å². The topological polar surface area (TPSA) is 52.3 Å². The fourth-order valence-corrected chi connectivity index (χ4v) is 2.16. The van der Waals surface area contributed by atoms with Crippen LogP contribution in [0, 0.1) is 13.8 Å². The minimum absolute atomic E-state index is 0.0537. The number of carbonyl (C=O) groups excluding carboxylic acids is 1. The van der Waals surface area contributed by atoms with Crippen LogP contribution in [-0.4, -0.2) is 12.4 Å². The molecular weight excluding hydrogens is 250 g/mol. The van der Waals surface area contributed by atoms with Crippen LogP contribution in [0.2, 0.25) is 0 Å². The summed E-state index contributed by atoms with van der Waals surface area (Å²) in [4.78, 5) is 12.7. The van der Waals surface area contributed by atoms with Crippen molar-refractivity contribution in [1.29, 1.82) is 0 Å². The van der Waals surface area contributed by atoms with Crippen molar-refractivity contribution in [2.45, 2.75) is 20.8 Å². The van der Waals surface area contributed by atoms with Crippen molar-refractivity contribution >= 4 is 11.5 Å². The number of hydrogen-bond acceptors (Lipinski definition) is 3. The summed E-state index contributed by atoms with van der Waals surface area (Å²) in [5.74, 6) is 0.419. The third-order valence-corrected chi connectivity index (χ3v) is 3.22. The molecule has 0 saturated carbocycles. The van der Waals surface area contributed by atoms with Gasteiger partial charge in [0.25, 0.3) is 0 Å². The van der Waals surface area contributed by atoms with Gasteiger partial charge in [0.15, 0.2) is 11.5 Å². The highest BCUT2D eigenvalue weighted by molar-refractivity contribution is 6.12. The number of ether oxygens (including phenoxy) is 1. The van der Waals surface area contributed by atoms with E-state index < -0.39 is 0 Å². The van der Waals surface area contributed by atoms with Crippen LogP contribution in [0.3, 0.4) is 0 Å². The molecule has 2 rings (SSSR count). The van der Waals surface area contributed by atoms with E-state index in [4.69, 9.17) is 10.5 Å². The number of nitrogen functional groups attached to an aromatic ring is 1. The Bertz CT molecular complexity index is 647. The van der Waals surface area contributed by atoms with Gasteiger partial charge in [0.2, 0.25) is 0 Å². The molecular formula is C17H19NO2. The molecule has 0 aromatic heterocycles. The first-order valence-corrected chi connectivity index (χ1v) is 6.67. The molecule has 2 aromatic carbocycles. The summed E-state index contributed by atoms with van der Waals surface area (Å²) >= 11 is 0. The maximum absolute atomic E-state index is 12.7. The average Bonchev–Trinajstić information content (AvgIpc) is 2.43. The summed E-state index contributed by atoms with van der Waals surface area (Å²) in [6.45, 7) is 6.25. The minimum Gasteiger partial charge on any atom is -0.491 e. The van der Waals surface area contributed by atoms with Crippen molar-refractivity contribution < 1.29 is 9.53 Å². The zero-order valence-electron chi connectivity index (χ0n) is 12.1. The van der Waals surface area contributed by atoms with E-state index in [0.29, 0.717) is 29.2 Å². The fraction of sp³-hybridized carbons (Fsp3) is 0.235. The number of anilines is 1. The molecule has 104 valence electrons. The zero-order chi connectivity index (χ0) is 14.7. The number of benzene rings is 2. The smallest absolute Gasteiger partial charge is 0.197 e. The Balaban J connectivity index is 2.53. The van der Waals surface area contributed by atoms with Crippen LogP contribution in [-0.2, 0) is 0 Å². The van der Waals surface area contributed by atoms with Crippen LogP contribution in [0.25, 0.3) is 0 Å². The summed E-state index contributed by atoms with van der Waals surface area (Å²) in [5, 5.41) is 0. The lowest BCUT2D eigenvalue weighted by Crippen LogP contribution is -2.09. The quantitative estimate of drug-likeness (QED) is 0.682. The Kier molecular flexibility index (Phi) is 4.08. The highest BCUT2D eigenvalue weighted by atomic mass is 16.5. The molecule has 2 aromatic rings. The number of rotatable bonds is 4. The predicted octanol–water partition coefficient (Wildman–Crippen LogP) is 3.52. The van der Waals surface area contributed by atoms with E-state index in [1.54, 1.807) is 18.2 Å². The van der Waals surface area contributed by atoms with Gasteiger partial charge in [-0.3, -0.25) is 4.79 Å². The van der Waals surface area contributed by atoms with Crippen molar-refractivity contribution in [3.8, 4) is 5.75 Å². The van der Waals surface area contributed by atoms with E-state index >= 15 is 0 Å². The summed E-state index contributed by atoms with van der Waals surface area (Å²) in [5.41, 5.74) is 9.61. The van der Waals surface area contributed by atoms with E-state index in [2.05, 4.69) is 0 Å². The van der Waals surface area contributed by atoms with Gasteiger partial charge in [-0.1, -0.05) is 23.8 Å². The largest absolute Gasteiger partial charge is 0.491 e. The monoisotopic (exact) mass is 269 g/mol. The van der Waals surface area contributed by atoms with Gasteiger partial charge in [-0.25, -0.2) is 0 Å². The molecule has 0 heterocycles. The first-order chi connectivity index (χ1) is 9.54. The summed E-state index contributed by atoms with van der Waals surface area (Å²) < 4.78 is 5.53. The molecule has 0 amide bonds. The van der Waals surface area contributed by atoms with Crippen LogP contribution in [0.4, 0.5) is 5.69 Å². The maximum Gasteiger partial charge on any atom is 0.197 e. The number of carbonyl (C=O) groups is 1. The molecule has 0 atom stereocenters. The molecule has 0 radical (unpaired) electrons. The molecule has 0 bridgehead atoms. The number of nitrogens with two attached hydrogens (primary N) is 1. The van der Waals surface area contributed by atoms with Gasteiger partial charge in [-0.2, -0.15) is 0 Å². The van der Waals surface area contributed by atoms with Crippen LogP contribution in [0.15, 0.2) is 36.4 Å². The van der Waals surface area contributed by atoms with Crippen molar-refractivity contribution in [3.05, 3.63) is 58.7 Å². The van der Waals surface area contributed by atoms with Crippen molar-refractivity contribution in [2.24, 2.45) is 0 Å². The Labute approximate surface area is 119 Å². The Morgan fingerprint density at radius 3 is 2.60 bits per heavy atom. The summed E-state index contributed by atoms with van der Waals surface area (Å²) in [6, 6.07) is 11.1. The van der Waals surface area contributed by atoms with Gasteiger partial charge in [-0.05, 0) is 44.5 Å². The molecule has 2 N–H and O–H groups in total. The molecule has 3 heteroatoms. The van der Waals surface area contributed by atoms with Gasteiger partial charge in [0.05, 0.1) is 17.9 Å². The lowest BCUT2D eigenvalue weighted by Gasteiger charge is -2.13. The summed E-state index contributed by atoms with van der Waals surface area (Å²) in [7, 11) is 0. The number of ketones is 1. The predicted molar refractivity (Wildman–Crippen MR) is 81.4 cm³/mol. The van der Waals surface area contributed by atoms with E-state index in [1.807, 2.05) is 39.0 Å². The third-order valence-electron chi connectivity index (χ3n) is 3.22. The molecule has 0 spiro atoms. The first kappa shape index (κ1) is 14.1. The van der Waals surface area contributed by atoms with Crippen molar-refractivity contribution in [3.63, 3.8) is 0 Å². The highest BCUT2D eigenvalue weighted by Crippen LogP contribution is 2.29. The van der Waals surface area contributed by atoms with Crippen LogP contribution in [0.5, 0.6) is 5.75 Å². The number of hydrogen-bond donors (Lipinski definition) is 1. The van der Waals surface area contributed by atoms with Crippen molar-refractivity contribution in [1.82, 2.24) is 0 Å². The van der Waals surface area contributed by atoms with Gasteiger partial charge in [0.1, 0.15) is 0 Å². The van der Waals surface area contributed by atoms with Gasteiger partial charge < -0.3 is 10.5 Å². The van der Waals surface area contributed by atoms with Crippen LogP contribution in [0.1, 0.15) is 34.0 Å².